The Kier molecular flexibility index (Phi) is 1.46. The highest BCUT2D eigenvalue weighted by molar-refractivity contribution is 5.35. The highest BCUT2D eigenvalue weighted by atomic mass is 16.5. The maximum atomic E-state index is 5.34. The van der Waals surface area contributed by atoms with Crippen molar-refractivity contribution in [2.24, 2.45) is 0 Å². The Hall–Kier alpha value is -1.36. The number of ether oxygens (including phenoxy) is 1. The van der Waals surface area contributed by atoms with E-state index < -0.39 is 0 Å². The first-order valence-corrected chi connectivity index (χ1v) is 2.56. The van der Waals surface area contributed by atoms with Gasteiger partial charge in [0.15, 0.2) is 5.75 Å². The molecule has 0 bridgehead atoms. The van der Waals surface area contributed by atoms with Gasteiger partial charge in [0.05, 0.1) is 12.8 Å². The van der Waals surface area contributed by atoms with E-state index in [1.165, 1.54) is 0 Å². The summed E-state index contributed by atoms with van der Waals surface area (Å²) in [5.41, 5.74) is 5.92. The lowest BCUT2D eigenvalue weighted by molar-refractivity contribution is 0.415. The molecule has 0 atom stereocenters. The van der Waals surface area contributed by atoms with Gasteiger partial charge in [-0.05, 0) is 24.3 Å². The summed E-state index contributed by atoms with van der Waals surface area (Å²) >= 11 is 0. The fraction of sp³-hybridized carbons (Fsp3) is 0.143. The molecule has 0 aromatic heterocycles. The molecule has 0 aliphatic heterocycles. The van der Waals surface area contributed by atoms with E-state index in [0.717, 1.165) is 0 Å². The second-order valence-corrected chi connectivity index (χ2v) is 1.61. The second kappa shape index (κ2) is 2.27. The SMILES string of the molecule is COc1c#cc(N)cc1. The van der Waals surface area contributed by atoms with Crippen molar-refractivity contribution in [3.05, 3.63) is 24.3 Å². The lowest BCUT2D eigenvalue weighted by Crippen LogP contribution is -1.83. The number of hydrogen-bond acceptors (Lipinski definition) is 2. The smallest absolute Gasteiger partial charge is 0.170 e. The van der Waals surface area contributed by atoms with Crippen LogP contribution in [0, 0.1) is 12.1 Å². The zero-order valence-electron chi connectivity index (χ0n) is 5.14. The lowest BCUT2D eigenvalue weighted by Gasteiger charge is -1.91. The summed E-state index contributed by atoms with van der Waals surface area (Å²) in [6, 6.07) is 8.85. The fourth-order valence-corrected chi connectivity index (χ4v) is 0.502. The predicted octanol–water partition coefficient (Wildman–Crippen LogP) is 0.878. The van der Waals surface area contributed by atoms with Gasteiger partial charge in [0.25, 0.3) is 0 Å². The maximum Gasteiger partial charge on any atom is 0.170 e. The van der Waals surface area contributed by atoms with Gasteiger partial charge in [-0.3, -0.25) is 0 Å². The molecule has 2 nitrogen and oxygen atoms in total. The molecule has 1 aromatic rings. The van der Waals surface area contributed by atoms with Crippen molar-refractivity contribution in [2.75, 3.05) is 12.8 Å². The standard InChI is InChI=1S/C7H7NO/c1-9-7-4-2-6(8)3-5-7/h2,4H,8H2,1H3. The van der Waals surface area contributed by atoms with E-state index in [0.29, 0.717) is 11.4 Å². The molecule has 0 saturated heterocycles. The molecule has 0 spiro atoms. The van der Waals surface area contributed by atoms with Gasteiger partial charge in [-0.2, -0.15) is 0 Å². The predicted molar refractivity (Wildman–Crippen MR) is 35.1 cm³/mol. The third kappa shape index (κ3) is 1.26. The van der Waals surface area contributed by atoms with E-state index in [2.05, 4.69) is 12.1 Å². The van der Waals surface area contributed by atoms with Crippen LogP contribution in [0.15, 0.2) is 12.1 Å². The minimum Gasteiger partial charge on any atom is -0.489 e. The molecule has 0 aliphatic rings. The summed E-state index contributed by atoms with van der Waals surface area (Å²) in [6.45, 7) is 0. The average molecular weight is 121 g/mol. The highest BCUT2D eigenvalue weighted by Gasteiger charge is 1.83. The van der Waals surface area contributed by atoms with E-state index in [9.17, 15) is 0 Å². The van der Waals surface area contributed by atoms with Crippen LogP contribution < -0.4 is 10.5 Å². The first-order valence-electron chi connectivity index (χ1n) is 2.56. The van der Waals surface area contributed by atoms with Crippen LogP contribution in [0.1, 0.15) is 0 Å². The summed E-state index contributed by atoms with van der Waals surface area (Å²) in [5, 5.41) is 0. The zero-order chi connectivity index (χ0) is 6.69. The number of rotatable bonds is 1. The quantitative estimate of drug-likeness (QED) is 0.598. The number of anilines is 1. The third-order valence-corrected chi connectivity index (χ3v) is 0.964. The molecule has 0 unspecified atom stereocenters. The van der Waals surface area contributed by atoms with Crippen LogP contribution in [-0.4, -0.2) is 7.11 Å². The third-order valence-electron chi connectivity index (χ3n) is 0.964. The van der Waals surface area contributed by atoms with Crippen molar-refractivity contribution in [3.63, 3.8) is 0 Å². The molecule has 1 aromatic carbocycles. The number of nitrogens with two attached hydrogens (primary N) is 1. The van der Waals surface area contributed by atoms with Crippen LogP contribution in [0.5, 0.6) is 5.75 Å². The molecule has 0 aliphatic carbocycles. The van der Waals surface area contributed by atoms with Crippen LogP contribution in [0.4, 0.5) is 5.69 Å². The summed E-state index contributed by atoms with van der Waals surface area (Å²) in [6.07, 6.45) is 0. The van der Waals surface area contributed by atoms with Gasteiger partial charge in [0, 0.05) is 0 Å². The molecular weight excluding hydrogens is 114 g/mol. The van der Waals surface area contributed by atoms with Gasteiger partial charge in [0.2, 0.25) is 0 Å². The Labute approximate surface area is 54.2 Å². The van der Waals surface area contributed by atoms with Crippen molar-refractivity contribution in [1.29, 1.82) is 0 Å². The highest BCUT2D eigenvalue weighted by Crippen LogP contribution is 2.05. The molecule has 0 amide bonds. The van der Waals surface area contributed by atoms with Gasteiger partial charge >= 0.3 is 0 Å². The van der Waals surface area contributed by atoms with Crippen molar-refractivity contribution in [1.82, 2.24) is 0 Å². The molecule has 0 heterocycles. The van der Waals surface area contributed by atoms with Gasteiger partial charge in [-0.1, -0.05) is 0 Å². The molecule has 0 saturated carbocycles. The Bertz CT molecular complexity index is 181. The van der Waals surface area contributed by atoms with Crippen molar-refractivity contribution in [3.8, 4) is 5.75 Å². The summed E-state index contributed by atoms with van der Waals surface area (Å²) in [7, 11) is 1.58. The Morgan fingerprint density at radius 2 is 2.22 bits per heavy atom. The number of hydrogen-bond donors (Lipinski definition) is 1. The van der Waals surface area contributed by atoms with Gasteiger partial charge < -0.3 is 10.5 Å². The van der Waals surface area contributed by atoms with E-state index in [1.807, 2.05) is 0 Å². The summed E-state index contributed by atoms with van der Waals surface area (Å²) in [4.78, 5) is 0. The van der Waals surface area contributed by atoms with Gasteiger partial charge in [0.1, 0.15) is 0 Å². The van der Waals surface area contributed by atoms with E-state index in [1.54, 1.807) is 19.2 Å². The van der Waals surface area contributed by atoms with Crippen LogP contribution in [-0.2, 0) is 0 Å². The molecule has 2 heteroatoms. The maximum absolute atomic E-state index is 5.34. The zero-order valence-corrected chi connectivity index (χ0v) is 5.14. The minimum atomic E-state index is 0.579. The monoisotopic (exact) mass is 121 g/mol. The van der Waals surface area contributed by atoms with Crippen molar-refractivity contribution in [2.45, 2.75) is 0 Å². The van der Waals surface area contributed by atoms with E-state index in [-0.39, 0.29) is 0 Å². The fourth-order valence-electron chi connectivity index (χ4n) is 0.502. The molecular formula is C7H7NO. The minimum absolute atomic E-state index is 0.579. The summed E-state index contributed by atoms with van der Waals surface area (Å²) < 4.78 is 4.83. The number of methoxy groups -OCH3 is 1. The van der Waals surface area contributed by atoms with E-state index in [4.69, 9.17) is 10.5 Å². The molecule has 0 fully saturated rings. The summed E-state index contributed by atoms with van der Waals surface area (Å²) in [5.74, 6) is 0.657. The largest absolute Gasteiger partial charge is 0.489 e. The molecule has 9 heavy (non-hydrogen) atoms. The van der Waals surface area contributed by atoms with E-state index >= 15 is 0 Å². The van der Waals surface area contributed by atoms with Crippen LogP contribution in [0.25, 0.3) is 0 Å². The van der Waals surface area contributed by atoms with Gasteiger partial charge in [-0.25, -0.2) is 0 Å². The van der Waals surface area contributed by atoms with Gasteiger partial charge in [-0.15, -0.1) is 0 Å². The molecule has 46 valence electrons. The van der Waals surface area contributed by atoms with Crippen LogP contribution >= 0.6 is 0 Å². The average Bonchev–Trinajstić information content (AvgIpc) is 1.90. The molecule has 1 rings (SSSR count). The first kappa shape index (κ1) is 5.77. The van der Waals surface area contributed by atoms with Crippen LogP contribution in [0.3, 0.4) is 0 Å². The number of nitrogen functional groups attached to an aromatic ring is 1. The Morgan fingerprint density at radius 3 is 2.67 bits per heavy atom. The topological polar surface area (TPSA) is 35.2 Å². The molecule has 0 radical (unpaired) electrons. The van der Waals surface area contributed by atoms with Crippen molar-refractivity contribution < 1.29 is 4.74 Å². The van der Waals surface area contributed by atoms with Crippen molar-refractivity contribution >= 4 is 5.69 Å². The molecule has 2 N–H and O–H groups in total. The first-order chi connectivity index (χ1) is 4.33. The van der Waals surface area contributed by atoms with Crippen LogP contribution in [0.2, 0.25) is 0 Å². The Balaban J connectivity index is 2.88. The lowest BCUT2D eigenvalue weighted by atomic mass is 10.4. The normalized spacial score (nSPS) is 8.11. The Morgan fingerprint density at radius 1 is 1.44 bits per heavy atom. The second-order valence-electron chi connectivity index (χ2n) is 1.61.